The maximum absolute atomic E-state index is 12.6. The Bertz CT molecular complexity index is 1110. The number of aryl methyl sites for hydroxylation is 2. The third-order valence-corrected chi connectivity index (χ3v) is 4.85. The van der Waals surface area contributed by atoms with E-state index in [1.165, 1.54) is 18.2 Å². The molecule has 3 N–H and O–H groups in total. The van der Waals surface area contributed by atoms with Crippen LogP contribution in [0.1, 0.15) is 31.8 Å². The van der Waals surface area contributed by atoms with E-state index in [0.29, 0.717) is 21.4 Å². The summed E-state index contributed by atoms with van der Waals surface area (Å²) in [6, 6.07) is 14.3. The van der Waals surface area contributed by atoms with Gasteiger partial charge in [0.05, 0.1) is 5.56 Å². The second-order valence-electron chi connectivity index (χ2n) is 6.56. The van der Waals surface area contributed by atoms with E-state index < -0.39 is 11.8 Å². The standard InChI is InChI=1S/C22H18Cl2N2O3/c1-12-9-15(23)4-6-18(12)25-21(28)14-3-8-20(27)17(11-14)22(29)26-19-7-5-16(24)10-13(19)2/h3-11,27H,1-2H3,(H,25,28)(H,26,29). The highest BCUT2D eigenvalue weighted by molar-refractivity contribution is 6.31. The highest BCUT2D eigenvalue weighted by Gasteiger charge is 2.16. The molecule has 0 aromatic heterocycles. The number of halogens is 2. The van der Waals surface area contributed by atoms with Gasteiger partial charge in [-0.1, -0.05) is 23.2 Å². The predicted octanol–water partition coefficient (Wildman–Crippen LogP) is 5.82. The van der Waals surface area contributed by atoms with Crippen molar-refractivity contribution in [3.8, 4) is 5.75 Å². The van der Waals surface area contributed by atoms with E-state index in [1.54, 1.807) is 43.3 Å². The lowest BCUT2D eigenvalue weighted by Crippen LogP contribution is -2.16. The van der Waals surface area contributed by atoms with E-state index in [1.807, 2.05) is 6.92 Å². The van der Waals surface area contributed by atoms with Crippen LogP contribution in [0.2, 0.25) is 10.0 Å². The second-order valence-corrected chi connectivity index (χ2v) is 7.43. The van der Waals surface area contributed by atoms with E-state index in [-0.39, 0.29) is 16.9 Å². The zero-order chi connectivity index (χ0) is 21.1. The monoisotopic (exact) mass is 428 g/mol. The summed E-state index contributed by atoms with van der Waals surface area (Å²) in [6.45, 7) is 3.63. The Morgan fingerprint density at radius 3 is 1.79 bits per heavy atom. The van der Waals surface area contributed by atoms with Crippen LogP contribution in [-0.4, -0.2) is 16.9 Å². The lowest BCUT2D eigenvalue weighted by molar-refractivity contribution is 0.102. The molecule has 0 unspecified atom stereocenters. The summed E-state index contributed by atoms with van der Waals surface area (Å²) in [5.74, 6) is -1.18. The molecule has 29 heavy (non-hydrogen) atoms. The van der Waals surface area contributed by atoms with Gasteiger partial charge < -0.3 is 15.7 Å². The number of carbonyl (C=O) groups is 2. The Morgan fingerprint density at radius 1 is 0.759 bits per heavy atom. The summed E-state index contributed by atoms with van der Waals surface area (Å²) in [5, 5.41) is 16.7. The molecule has 3 aromatic carbocycles. The molecule has 0 aliphatic carbocycles. The summed E-state index contributed by atoms with van der Waals surface area (Å²) in [7, 11) is 0. The molecule has 3 aromatic rings. The number of phenols is 1. The number of benzene rings is 3. The van der Waals surface area contributed by atoms with Gasteiger partial charge in [0.25, 0.3) is 11.8 Å². The van der Waals surface area contributed by atoms with E-state index in [9.17, 15) is 14.7 Å². The molecule has 0 saturated heterocycles. The van der Waals surface area contributed by atoms with Crippen molar-refractivity contribution in [3.05, 3.63) is 86.9 Å². The van der Waals surface area contributed by atoms with E-state index >= 15 is 0 Å². The summed E-state index contributed by atoms with van der Waals surface area (Å²) >= 11 is 11.9. The van der Waals surface area contributed by atoms with Gasteiger partial charge in [-0.3, -0.25) is 9.59 Å². The normalized spacial score (nSPS) is 10.5. The first-order valence-electron chi connectivity index (χ1n) is 8.72. The minimum Gasteiger partial charge on any atom is -0.507 e. The molecular weight excluding hydrogens is 411 g/mol. The molecule has 5 nitrogen and oxygen atoms in total. The largest absolute Gasteiger partial charge is 0.507 e. The minimum absolute atomic E-state index is 0.0140. The highest BCUT2D eigenvalue weighted by Crippen LogP contribution is 2.25. The summed E-state index contributed by atoms with van der Waals surface area (Å²) < 4.78 is 0. The van der Waals surface area contributed by atoms with Crippen LogP contribution in [0, 0.1) is 13.8 Å². The third-order valence-electron chi connectivity index (χ3n) is 4.38. The van der Waals surface area contributed by atoms with Crippen molar-refractivity contribution in [2.75, 3.05) is 10.6 Å². The number of aromatic hydroxyl groups is 1. The van der Waals surface area contributed by atoms with Crippen molar-refractivity contribution in [1.82, 2.24) is 0 Å². The van der Waals surface area contributed by atoms with Gasteiger partial charge in [-0.15, -0.1) is 0 Å². The fraction of sp³-hybridized carbons (Fsp3) is 0.0909. The highest BCUT2D eigenvalue weighted by atomic mass is 35.5. The van der Waals surface area contributed by atoms with Crippen molar-refractivity contribution < 1.29 is 14.7 Å². The van der Waals surface area contributed by atoms with Crippen LogP contribution >= 0.6 is 23.2 Å². The predicted molar refractivity (Wildman–Crippen MR) is 116 cm³/mol. The maximum Gasteiger partial charge on any atom is 0.259 e. The Balaban J connectivity index is 1.83. The Hall–Kier alpha value is -3.02. The zero-order valence-electron chi connectivity index (χ0n) is 15.7. The number of hydrogen-bond donors (Lipinski definition) is 3. The molecule has 7 heteroatoms. The van der Waals surface area contributed by atoms with Crippen LogP contribution in [0.3, 0.4) is 0 Å². The van der Waals surface area contributed by atoms with Crippen LogP contribution < -0.4 is 10.6 Å². The van der Waals surface area contributed by atoms with Crippen LogP contribution in [0.25, 0.3) is 0 Å². The van der Waals surface area contributed by atoms with E-state index in [4.69, 9.17) is 23.2 Å². The van der Waals surface area contributed by atoms with Gasteiger partial charge in [-0.2, -0.15) is 0 Å². The molecule has 0 heterocycles. The average molecular weight is 429 g/mol. The number of nitrogens with one attached hydrogen (secondary N) is 2. The van der Waals surface area contributed by atoms with Crippen molar-refractivity contribution in [3.63, 3.8) is 0 Å². The van der Waals surface area contributed by atoms with Gasteiger partial charge in [-0.05, 0) is 79.6 Å². The number of rotatable bonds is 4. The SMILES string of the molecule is Cc1cc(Cl)ccc1NC(=O)c1ccc(O)c(C(=O)Nc2ccc(Cl)cc2C)c1. The Morgan fingerprint density at radius 2 is 1.28 bits per heavy atom. The summed E-state index contributed by atoms with van der Waals surface area (Å²) in [5.41, 5.74) is 2.97. The Labute approximate surface area is 178 Å². The van der Waals surface area contributed by atoms with Gasteiger partial charge >= 0.3 is 0 Å². The molecule has 148 valence electrons. The van der Waals surface area contributed by atoms with Gasteiger partial charge in [-0.25, -0.2) is 0 Å². The number of carbonyl (C=O) groups excluding carboxylic acids is 2. The smallest absolute Gasteiger partial charge is 0.259 e. The van der Waals surface area contributed by atoms with Gasteiger partial charge in [0, 0.05) is 27.0 Å². The lowest BCUT2D eigenvalue weighted by Gasteiger charge is -2.12. The van der Waals surface area contributed by atoms with Crippen LogP contribution in [0.5, 0.6) is 5.75 Å². The third kappa shape index (κ3) is 4.88. The number of amides is 2. The van der Waals surface area contributed by atoms with Gasteiger partial charge in [0.1, 0.15) is 5.75 Å². The molecule has 0 aliphatic rings. The van der Waals surface area contributed by atoms with Crippen LogP contribution in [-0.2, 0) is 0 Å². The summed E-state index contributed by atoms with van der Waals surface area (Å²) in [4.78, 5) is 25.3. The van der Waals surface area contributed by atoms with Crippen LogP contribution in [0.15, 0.2) is 54.6 Å². The molecule has 0 aliphatic heterocycles. The van der Waals surface area contributed by atoms with E-state index in [2.05, 4.69) is 10.6 Å². The topological polar surface area (TPSA) is 78.4 Å². The lowest BCUT2D eigenvalue weighted by atomic mass is 10.1. The van der Waals surface area contributed by atoms with E-state index in [0.717, 1.165) is 11.1 Å². The fourth-order valence-electron chi connectivity index (χ4n) is 2.78. The van der Waals surface area contributed by atoms with Crippen molar-refractivity contribution in [2.24, 2.45) is 0 Å². The number of hydrogen-bond acceptors (Lipinski definition) is 3. The molecule has 0 fully saturated rings. The fourth-order valence-corrected chi connectivity index (χ4v) is 3.23. The minimum atomic E-state index is -0.537. The molecule has 0 saturated carbocycles. The first-order valence-corrected chi connectivity index (χ1v) is 9.48. The molecule has 0 spiro atoms. The molecule has 0 bridgehead atoms. The van der Waals surface area contributed by atoms with Crippen LogP contribution in [0.4, 0.5) is 11.4 Å². The Kier molecular flexibility index (Phi) is 6.11. The molecule has 3 rings (SSSR count). The summed E-state index contributed by atoms with van der Waals surface area (Å²) in [6.07, 6.45) is 0. The van der Waals surface area contributed by atoms with Crippen molar-refractivity contribution in [1.29, 1.82) is 0 Å². The zero-order valence-corrected chi connectivity index (χ0v) is 17.2. The average Bonchev–Trinajstić information content (AvgIpc) is 2.66. The molecule has 2 amide bonds. The van der Waals surface area contributed by atoms with Gasteiger partial charge in [0.2, 0.25) is 0 Å². The van der Waals surface area contributed by atoms with Crippen molar-refractivity contribution >= 4 is 46.4 Å². The second kappa shape index (κ2) is 8.55. The molecule has 0 radical (unpaired) electrons. The first-order chi connectivity index (χ1) is 13.7. The molecule has 0 atom stereocenters. The first kappa shape index (κ1) is 20.7. The number of anilines is 2. The quantitative estimate of drug-likeness (QED) is 0.489. The van der Waals surface area contributed by atoms with Gasteiger partial charge in [0.15, 0.2) is 0 Å². The maximum atomic E-state index is 12.6. The molecular formula is C22H18Cl2N2O3. The van der Waals surface area contributed by atoms with Crippen molar-refractivity contribution in [2.45, 2.75) is 13.8 Å². The number of phenolic OH excluding ortho intramolecular Hbond substituents is 1.